The molecular weight excluding hydrogens is 434 g/mol. The Bertz CT molecular complexity index is 1160. The summed E-state index contributed by atoms with van der Waals surface area (Å²) in [6, 6.07) is 27.8. The van der Waals surface area contributed by atoms with Gasteiger partial charge in [-0.3, -0.25) is 4.90 Å². The van der Waals surface area contributed by atoms with Crippen LogP contribution in [0.25, 0.3) is 0 Å². The first-order valence-electron chi connectivity index (χ1n) is 12.9. The lowest BCUT2D eigenvalue weighted by molar-refractivity contribution is 0.0694. The summed E-state index contributed by atoms with van der Waals surface area (Å²) in [5, 5.41) is 0. The molecule has 0 aromatic heterocycles. The largest absolute Gasteiger partial charge is 0.445 e. The smallest absolute Gasteiger partial charge is 0.410 e. The van der Waals surface area contributed by atoms with Crippen molar-refractivity contribution >= 4 is 11.8 Å². The first-order valence-corrected chi connectivity index (χ1v) is 12.9. The molecule has 2 aliphatic heterocycles. The molecule has 0 spiro atoms. The van der Waals surface area contributed by atoms with Crippen molar-refractivity contribution in [3.8, 4) is 0 Å². The number of anilines is 1. The molecule has 3 aromatic carbocycles. The number of carbonyl (C=O) groups excluding carboxylic acids is 1. The van der Waals surface area contributed by atoms with Crippen molar-refractivity contribution in [1.29, 1.82) is 0 Å². The molecule has 2 saturated heterocycles. The summed E-state index contributed by atoms with van der Waals surface area (Å²) in [5.41, 5.74) is 6.45. The van der Waals surface area contributed by atoms with E-state index in [0.717, 1.165) is 57.7 Å². The number of benzene rings is 3. The van der Waals surface area contributed by atoms with Gasteiger partial charge >= 0.3 is 6.09 Å². The van der Waals surface area contributed by atoms with Gasteiger partial charge in [0.15, 0.2) is 0 Å². The van der Waals surface area contributed by atoms with Crippen LogP contribution in [-0.4, -0.2) is 48.6 Å². The number of carbonyl (C=O) groups is 1. The molecule has 5 heteroatoms. The summed E-state index contributed by atoms with van der Waals surface area (Å²) in [5.74, 6) is 0.560. The number of amides is 1. The molecule has 1 amide bonds. The molecule has 2 bridgehead atoms. The first kappa shape index (κ1) is 22.2. The molecule has 2 fully saturated rings. The van der Waals surface area contributed by atoms with E-state index < -0.39 is 0 Å². The molecule has 3 aromatic rings. The monoisotopic (exact) mass is 467 g/mol. The Labute approximate surface area is 207 Å². The topological polar surface area (TPSA) is 36.0 Å². The molecule has 3 aliphatic rings. The van der Waals surface area contributed by atoms with Crippen molar-refractivity contribution in [2.24, 2.45) is 0 Å². The van der Waals surface area contributed by atoms with Crippen LogP contribution in [0.1, 0.15) is 47.1 Å². The average Bonchev–Trinajstić information content (AvgIpc) is 3.20. The van der Waals surface area contributed by atoms with Crippen molar-refractivity contribution in [3.05, 3.63) is 101 Å². The first-order chi connectivity index (χ1) is 17.2. The fourth-order valence-electron chi connectivity index (χ4n) is 5.99. The van der Waals surface area contributed by atoms with Gasteiger partial charge in [-0.25, -0.2) is 4.79 Å². The Balaban J connectivity index is 1.12. The molecule has 180 valence electrons. The van der Waals surface area contributed by atoms with Crippen molar-refractivity contribution < 1.29 is 9.53 Å². The second-order valence-corrected chi connectivity index (χ2v) is 10.0. The molecule has 0 N–H and O–H groups in total. The van der Waals surface area contributed by atoms with E-state index in [1.165, 1.54) is 22.4 Å². The highest BCUT2D eigenvalue weighted by atomic mass is 16.6. The minimum atomic E-state index is -0.190. The SMILES string of the molecule is O=C(OCc1ccccc1)N1CC[C@@H]2C[C@@H]1c1cc(N3CCN(Cc4ccccc4)CC3)ccc12. The predicted octanol–water partition coefficient (Wildman–Crippen LogP) is 5.58. The summed E-state index contributed by atoms with van der Waals surface area (Å²) in [6.45, 7) is 6.30. The zero-order chi connectivity index (χ0) is 23.6. The van der Waals surface area contributed by atoms with Crippen molar-refractivity contribution in [3.63, 3.8) is 0 Å². The van der Waals surface area contributed by atoms with Crippen LogP contribution in [-0.2, 0) is 17.9 Å². The minimum Gasteiger partial charge on any atom is -0.445 e. The zero-order valence-electron chi connectivity index (χ0n) is 20.2. The van der Waals surface area contributed by atoms with Crippen LogP contribution in [0, 0.1) is 0 Å². The Morgan fingerprint density at radius 3 is 2.26 bits per heavy atom. The fourth-order valence-corrected chi connectivity index (χ4v) is 5.99. The third kappa shape index (κ3) is 4.65. The highest BCUT2D eigenvalue weighted by molar-refractivity contribution is 5.70. The highest BCUT2D eigenvalue weighted by Crippen LogP contribution is 2.50. The van der Waals surface area contributed by atoms with E-state index in [0.29, 0.717) is 12.5 Å². The van der Waals surface area contributed by atoms with Gasteiger partial charge in [0.05, 0.1) is 6.04 Å². The lowest BCUT2D eigenvalue weighted by Gasteiger charge is -2.36. The standard InChI is InChI=1S/C30H33N3O2/c34-30(35-22-24-9-5-2-6-10-24)33-14-13-25-19-29(33)28-20-26(11-12-27(25)28)32-17-15-31(16-18-32)21-23-7-3-1-4-8-23/h1-12,20,25,29H,13-19,21-22H2/t25-,29-/m1/s1. The molecule has 6 rings (SSSR count). The summed E-state index contributed by atoms with van der Waals surface area (Å²) < 4.78 is 5.71. The van der Waals surface area contributed by atoms with E-state index in [1.807, 2.05) is 35.2 Å². The van der Waals surface area contributed by atoms with Crippen LogP contribution >= 0.6 is 0 Å². The number of rotatable bonds is 5. The molecule has 1 aliphatic carbocycles. The van der Waals surface area contributed by atoms with Gasteiger partial charge in [-0.2, -0.15) is 0 Å². The van der Waals surface area contributed by atoms with Crippen molar-refractivity contribution in [1.82, 2.24) is 9.80 Å². The quantitative estimate of drug-likeness (QED) is 0.491. The van der Waals surface area contributed by atoms with Crippen LogP contribution in [0.4, 0.5) is 10.5 Å². The Morgan fingerprint density at radius 2 is 1.51 bits per heavy atom. The number of piperazine rings is 1. The lowest BCUT2D eigenvalue weighted by atomic mass is 9.96. The summed E-state index contributed by atoms with van der Waals surface area (Å²) in [6.07, 6.45) is 1.84. The van der Waals surface area contributed by atoms with Crippen molar-refractivity contribution in [2.45, 2.75) is 38.0 Å². The number of nitrogens with zero attached hydrogens (tertiary/aromatic N) is 3. The molecule has 35 heavy (non-hydrogen) atoms. The van der Waals surface area contributed by atoms with E-state index in [9.17, 15) is 4.79 Å². The van der Waals surface area contributed by atoms with Gasteiger partial charge in [-0.15, -0.1) is 0 Å². The second-order valence-electron chi connectivity index (χ2n) is 10.0. The van der Waals surface area contributed by atoms with Gasteiger partial charge < -0.3 is 14.5 Å². The maximum Gasteiger partial charge on any atom is 0.410 e. The zero-order valence-corrected chi connectivity index (χ0v) is 20.2. The van der Waals surface area contributed by atoms with E-state index in [-0.39, 0.29) is 12.1 Å². The predicted molar refractivity (Wildman–Crippen MR) is 138 cm³/mol. The number of fused-ring (bicyclic) bond motifs is 5. The van der Waals surface area contributed by atoms with Gasteiger partial charge in [-0.05, 0) is 53.1 Å². The number of likely N-dealkylation sites (tertiary alicyclic amines) is 1. The van der Waals surface area contributed by atoms with Gasteiger partial charge in [0.2, 0.25) is 0 Å². The molecule has 0 unspecified atom stereocenters. The highest BCUT2D eigenvalue weighted by Gasteiger charge is 2.41. The normalized spacial score (nSPS) is 21.6. The van der Waals surface area contributed by atoms with Crippen LogP contribution in [0.5, 0.6) is 0 Å². The third-order valence-electron chi connectivity index (χ3n) is 7.90. The Kier molecular flexibility index (Phi) is 6.17. The second kappa shape index (κ2) is 9.74. The van der Waals surface area contributed by atoms with Crippen LogP contribution < -0.4 is 4.90 Å². The fraction of sp³-hybridized carbons (Fsp3) is 0.367. The van der Waals surface area contributed by atoms with Gasteiger partial charge in [0.25, 0.3) is 0 Å². The van der Waals surface area contributed by atoms with Crippen molar-refractivity contribution in [2.75, 3.05) is 37.6 Å². The minimum absolute atomic E-state index is 0.131. The molecule has 2 heterocycles. The molecular formula is C30H33N3O2. The van der Waals surface area contributed by atoms with Crippen LogP contribution in [0.15, 0.2) is 78.9 Å². The third-order valence-corrected chi connectivity index (χ3v) is 7.90. The van der Waals surface area contributed by atoms with Crippen LogP contribution in [0.3, 0.4) is 0 Å². The summed E-state index contributed by atoms with van der Waals surface area (Å²) in [7, 11) is 0. The lowest BCUT2D eigenvalue weighted by Crippen LogP contribution is -2.46. The molecule has 0 saturated carbocycles. The molecule has 0 radical (unpaired) electrons. The van der Waals surface area contributed by atoms with Gasteiger partial charge in [0, 0.05) is 45.0 Å². The Morgan fingerprint density at radius 1 is 0.800 bits per heavy atom. The maximum atomic E-state index is 13.0. The summed E-state index contributed by atoms with van der Waals surface area (Å²) in [4.78, 5) is 20.0. The van der Waals surface area contributed by atoms with E-state index in [2.05, 4.69) is 58.3 Å². The number of hydrogen-bond donors (Lipinski definition) is 0. The van der Waals surface area contributed by atoms with E-state index >= 15 is 0 Å². The average molecular weight is 468 g/mol. The number of hydrogen-bond acceptors (Lipinski definition) is 4. The molecule has 2 atom stereocenters. The number of piperidine rings is 1. The number of ether oxygens (including phenoxy) is 1. The van der Waals surface area contributed by atoms with Gasteiger partial charge in [0.1, 0.15) is 6.61 Å². The molecule has 5 nitrogen and oxygen atoms in total. The summed E-state index contributed by atoms with van der Waals surface area (Å²) >= 11 is 0. The van der Waals surface area contributed by atoms with E-state index in [1.54, 1.807) is 0 Å². The van der Waals surface area contributed by atoms with E-state index in [4.69, 9.17) is 4.74 Å². The van der Waals surface area contributed by atoms with Gasteiger partial charge in [-0.1, -0.05) is 66.7 Å². The Hall–Kier alpha value is -3.31. The van der Waals surface area contributed by atoms with Crippen LogP contribution in [0.2, 0.25) is 0 Å². The maximum absolute atomic E-state index is 13.0.